The predicted molar refractivity (Wildman–Crippen MR) is 115 cm³/mol. The molecule has 0 radical (unpaired) electrons. The van der Waals surface area contributed by atoms with Crippen LogP contribution in [0.4, 0.5) is 0 Å². The maximum absolute atomic E-state index is 13.1. The number of terminal acetylenes is 1. The van der Waals surface area contributed by atoms with Crippen LogP contribution in [0.2, 0.25) is 5.02 Å². The monoisotopic (exact) mass is 450 g/mol. The van der Waals surface area contributed by atoms with Gasteiger partial charge in [-0.3, -0.25) is 4.79 Å². The Morgan fingerprint density at radius 3 is 2.67 bits per heavy atom. The standard InChI is InChI=1S/C21H27ClN4O3S/c1-2-3-13-21(24-25-21)14-11-20(27)23-15-12-18-6-4-5-16-26(18)30(28,29)19-9-7-17(22)8-10-19/h1,7-10,18H,3-6,11-16H2,(H,23,27). The lowest BCUT2D eigenvalue weighted by Crippen LogP contribution is -2.45. The Morgan fingerprint density at radius 2 is 2.00 bits per heavy atom. The molecule has 0 saturated carbocycles. The van der Waals surface area contributed by atoms with E-state index in [4.69, 9.17) is 18.0 Å². The van der Waals surface area contributed by atoms with E-state index < -0.39 is 15.7 Å². The molecule has 3 rings (SSSR count). The van der Waals surface area contributed by atoms with Crippen molar-refractivity contribution in [1.29, 1.82) is 0 Å². The number of hydrogen-bond donors (Lipinski definition) is 1. The van der Waals surface area contributed by atoms with Gasteiger partial charge in [-0.1, -0.05) is 18.0 Å². The molecule has 2 aliphatic heterocycles. The third-order valence-electron chi connectivity index (χ3n) is 5.60. The summed E-state index contributed by atoms with van der Waals surface area (Å²) in [5.41, 5.74) is -0.462. The van der Waals surface area contributed by atoms with Crippen LogP contribution in [0.25, 0.3) is 0 Å². The van der Waals surface area contributed by atoms with Gasteiger partial charge in [-0.2, -0.15) is 14.5 Å². The van der Waals surface area contributed by atoms with Crippen molar-refractivity contribution in [3.63, 3.8) is 0 Å². The zero-order chi connectivity index (χ0) is 21.6. The highest BCUT2D eigenvalue weighted by Crippen LogP contribution is 2.37. The number of nitrogens with one attached hydrogen (secondary N) is 1. The molecule has 1 aromatic carbocycles. The van der Waals surface area contributed by atoms with E-state index in [1.807, 2.05) is 0 Å². The number of benzene rings is 1. The number of sulfonamides is 1. The minimum atomic E-state index is -3.59. The van der Waals surface area contributed by atoms with Gasteiger partial charge in [0.15, 0.2) is 5.66 Å². The molecule has 30 heavy (non-hydrogen) atoms. The molecule has 1 N–H and O–H groups in total. The minimum absolute atomic E-state index is 0.0738. The highest BCUT2D eigenvalue weighted by Gasteiger charge is 2.39. The fourth-order valence-electron chi connectivity index (χ4n) is 3.77. The zero-order valence-electron chi connectivity index (χ0n) is 16.9. The van der Waals surface area contributed by atoms with Gasteiger partial charge in [0.1, 0.15) is 0 Å². The molecule has 2 aliphatic rings. The van der Waals surface area contributed by atoms with Crippen molar-refractivity contribution in [3.8, 4) is 12.3 Å². The van der Waals surface area contributed by atoms with E-state index >= 15 is 0 Å². The van der Waals surface area contributed by atoms with Crippen molar-refractivity contribution >= 4 is 27.5 Å². The van der Waals surface area contributed by atoms with Crippen molar-refractivity contribution in [1.82, 2.24) is 9.62 Å². The average molecular weight is 451 g/mol. The fraction of sp³-hybridized carbons (Fsp3) is 0.571. The van der Waals surface area contributed by atoms with Gasteiger partial charge in [-0.25, -0.2) is 8.42 Å². The molecule has 7 nitrogen and oxygen atoms in total. The van der Waals surface area contributed by atoms with Crippen molar-refractivity contribution in [2.75, 3.05) is 13.1 Å². The molecule has 1 fully saturated rings. The first-order valence-corrected chi connectivity index (χ1v) is 12.1. The second kappa shape index (κ2) is 9.90. The second-order valence-corrected chi connectivity index (χ2v) is 10.1. The Kier molecular flexibility index (Phi) is 7.50. The normalized spacial score (nSPS) is 20.5. The lowest BCUT2D eigenvalue weighted by atomic mass is 10.0. The van der Waals surface area contributed by atoms with E-state index in [9.17, 15) is 13.2 Å². The molecule has 0 aliphatic carbocycles. The van der Waals surface area contributed by atoms with Crippen LogP contribution in [-0.2, 0) is 14.8 Å². The third-order valence-corrected chi connectivity index (χ3v) is 7.82. The maximum Gasteiger partial charge on any atom is 0.243 e. The summed E-state index contributed by atoms with van der Waals surface area (Å²) in [5.74, 6) is 2.50. The molecule has 162 valence electrons. The Morgan fingerprint density at radius 1 is 1.27 bits per heavy atom. The van der Waals surface area contributed by atoms with Gasteiger partial charge in [0, 0.05) is 49.8 Å². The Hall–Kier alpha value is -1.95. The van der Waals surface area contributed by atoms with Gasteiger partial charge in [-0.15, -0.1) is 12.3 Å². The summed E-state index contributed by atoms with van der Waals surface area (Å²) in [6.45, 7) is 0.923. The molecule has 1 amide bonds. The first-order chi connectivity index (χ1) is 14.4. The number of rotatable bonds is 10. The number of amides is 1. The highest BCUT2D eigenvalue weighted by atomic mass is 35.5. The van der Waals surface area contributed by atoms with Gasteiger partial charge in [0.05, 0.1) is 4.90 Å². The quantitative estimate of drug-likeness (QED) is 0.550. The van der Waals surface area contributed by atoms with Gasteiger partial charge in [0.2, 0.25) is 15.9 Å². The summed E-state index contributed by atoms with van der Waals surface area (Å²) >= 11 is 5.89. The van der Waals surface area contributed by atoms with E-state index in [1.54, 1.807) is 16.4 Å². The summed E-state index contributed by atoms with van der Waals surface area (Å²) in [4.78, 5) is 12.4. The number of piperidine rings is 1. The molecule has 0 aromatic heterocycles. The SMILES string of the molecule is C#CCCC1(CCC(=O)NCCC2CCCCN2S(=O)(=O)c2ccc(Cl)cc2)N=N1. The topological polar surface area (TPSA) is 91.2 Å². The highest BCUT2D eigenvalue weighted by molar-refractivity contribution is 7.89. The van der Waals surface area contributed by atoms with Crippen LogP contribution in [0.15, 0.2) is 39.4 Å². The second-order valence-electron chi connectivity index (χ2n) is 7.74. The summed E-state index contributed by atoms with van der Waals surface area (Å²) in [5, 5.41) is 11.5. The molecule has 1 atom stereocenters. The van der Waals surface area contributed by atoms with Crippen molar-refractivity contribution in [2.45, 2.75) is 68.0 Å². The zero-order valence-corrected chi connectivity index (χ0v) is 18.5. The summed E-state index contributed by atoms with van der Waals surface area (Å²) in [7, 11) is -3.59. The number of carbonyl (C=O) groups excluding carboxylic acids is 1. The molecular formula is C21H27ClN4O3S. The Labute approximate surface area is 183 Å². The lowest BCUT2D eigenvalue weighted by Gasteiger charge is -2.34. The van der Waals surface area contributed by atoms with Gasteiger partial charge in [0.25, 0.3) is 0 Å². The van der Waals surface area contributed by atoms with Crippen LogP contribution in [0.3, 0.4) is 0 Å². The van der Waals surface area contributed by atoms with Crippen LogP contribution in [0.1, 0.15) is 51.4 Å². The van der Waals surface area contributed by atoms with Gasteiger partial charge in [-0.05, 0) is 43.5 Å². The van der Waals surface area contributed by atoms with E-state index in [1.165, 1.54) is 12.1 Å². The van der Waals surface area contributed by atoms with Crippen molar-refractivity contribution in [2.24, 2.45) is 10.2 Å². The first-order valence-electron chi connectivity index (χ1n) is 10.3. The van der Waals surface area contributed by atoms with Crippen LogP contribution in [-0.4, -0.2) is 43.4 Å². The molecule has 0 bridgehead atoms. The van der Waals surface area contributed by atoms with Crippen molar-refractivity contribution in [3.05, 3.63) is 29.3 Å². The predicted octanol–water partition coefficient (Wildman–Crippen LogP) is 3.75. The molecular weight excluding hydrogens is 424 g/mol. The Balaban J connectivity index is 1.49. The Bertz CT molecular complexity index is 919. The molecule has 9 heteroatoms. The summed E-state index contributed by atoms with van der Waals surface area (Å²) < 4.78 is 27.7. The maximum atomic E-state index is 13.1. The van der Waals surface area contributed by atoms with Crippen LogP contribution >= 0.6 is 11.6 Å². The third kappa shape index (κ3) is 5.81. The fourth-order valence-corrected chi connectivity index (χ4v) is 5.62. The average Bonchev–Trinajstić information content (AvgIpc) is 3.52. The lowest BCUT2D eigenvalue weighted by molar-refractivity contribution is -0.121. The first kappa shape index (κ1) is 22.7. The van der Waals surface area contributed by atoms with Crippen LogP contribution in [0, 0.1) is 12.3 Å². The molecule has 1 unspecified atom stereocenters. The number of halogens is 1. The number of carbonyl (C=O) groups is 1. The molecule has 1 saturated heterocycles. The van der Waals surface area contributed by atoms with Gasteiger partial charge < -0.3 is 5.32 Å². The van der Waals surface area contributed by atoms with E-state index in [2.05, 4.69) is 21.5 Å². The van der Waals surface area contributed by atoms with E-state index in [0.29, 0.717) is 50.2 Å². The van der Waals surface area contributed by atoms with Crippen molar-refractivity contribution < 1.29 is 13.2 Å². The summed E-state index contributed by atoms with van der Waals surface area (Å²) in [6.07, 6.45) is 10.6. The minimum Gasteiger partial charge on any atom is -0.356 e. The molecule has 0 spiro atoms. The molecule has 2 heterocycles. The van der Waals surface area contributed by atoms with Gasteiger partial charge >= 0.3 is 0 Å². The molecule has 1 aromatic rings. The van der Waals surface area contributed by atoms with E-state index in [-0.39, 0.29) is 16.8 Å². The number of hydrogen-bond acceptors (Lipinski definition) is 5. The van der Waals surface area contributed by atoms with E-state index in [0.717, 1.165) is 19.3 Å². The smallest absolute Gasteiger partial charge is 0.243 e. The number of nitrogens with zero attached hydrogens (tertiary/aromatic N) is 3. The van der Waals surface area contributed by atoms with Crippen LogP contribution in [0.5, 0.6) is 0 Å². The largest absolute Gasteiger partial charge is 0.356 e. The summed E-state index contributed by atoms with van der Waals surface area (Å²) in [6, 6.07) is 6.12. The van der Waals surface area contributed by atoms with Crippen LogP contribution < -0.4 is 5.32 Å².